The van der Waals surface area contributed by atoms with E-state index in [0.717, 1.165) is 4.90 Å². The average molecular weight is 236 g/mol. The fourth-order valence-corrected chi connectivity index (χ4v) is 1.44. The van der Waals surface area contributed by atoms with E-state index in [2.05, 4.69) is 0 Å². The molecule has 1 rings (SSSR count). The van der Waals surface area contributed by atoms with Gasteiger partial charge in [-0.15, -0.1) is 0 Å². The topological polar surface area (TPSA) is 55.6 Å². The monoisotopic (exact) mass is 236 g/mol. The van der Waals surface area contributed by atoms with Crippen molar-refractivity contribution in [3.63, 3.8) is 0 Å². The molecule has 0 aliphatic carbocycles. The van der Waals surface area contributed by atoms with Crippen LogP contribution in [-0.2, 0) is 4.74 Å². The number of nitrogens with zero attached hydrogens (tertiary/aromatic N) is 1. The fourth-order valence-electron chi connectivity index (χ4n) is 1.44. The van der Waals surface area contributed by atoms with Gasteiger partial charge in [0.15, 0.2) is 0 Å². The Balaban J connectivity index is 2.60. The van der Waals surface area contributed by atoms with Crippen LogP contribution in [0.5, 0.6) is 0 Å². The van der Waals surface area contributed by atoms with Crippen LogP contribution in [0.25, 0.3) is 0 Å². The summed E-state index contributed by atoms with van der Waals surface area (Å²) < 4.78 is 31.6. The summed E-state index contributed by atoms with van der Waals surface area (Å²) in [6, 6.07) is -1.17. The lowest BCUT2D eigenvalue weighted by Crippen LogP contribution is -2.57. The first-order valence-corrected chi connectivity index (χ1v) is 5.23. The van der Waals surface area contributed by atoms with Gasteiger partial charge in [-0.3, -0.25) is 0 Å². The molecular formula is C10H18F2N2O2. The van der Waals surface area contributed by atoms with Gasteiger partial charge in [-0.1, -0.05) is 0 Å². The molecule has 0 saturated carbocycles. The van der Waals surface area contributed by atoms with Crippen molar-refractivity contribution in [2.45, 2.75) is 44.8 Å². The Hall–Kier alpha value is -0.910. The molecule has 1 aliphatic rings. The summed E-state index contributed by atoms with van der Waals surface area (Å²) >= 11 is 0. The number of piperidine rings is 1. The lowest BCUT2D eigenvalue weighted by molar-refractivity contribution is -0.0820. The second kappa shape index (κ2) is 4.16. The van der Waals surface area contributed by atoms with Crippen LogP contribution in [0, 0.1) is 0 Å². The van der Waals surface area contributed by atoms with Crippen LogP contribution in [0.3, 0.4) is 0 Å². The van der Waals surface area contributed by atoms with Crippen LogP contribution >= 0.6 is 0 Å². The van der Waals surface area contributed by atoms with Crippen LogP contribution in [0.4, 0.5) is 13.6 Å². The first kappa shape index (κ1) is 13.2. The van der Waals surface area contributed by atoms with Crippen molar-refractivity contribution in [3.8, 4) is 0 Å². The maximum Gasteiger partial charge on any atom is 0.410 e. The Morgan fingerprint density at radius 1 is 1.50 bits per heavy atom. The molecule has 0 unspecified atom stereocenters. The molecule has 0 aromatic heterocycles. The number of likely N-dealkylation sites (tertiary alicyclic amines) is 1. The minimum Gasteiger partial charge on any atom is -0.444 e. The number of rotatable bonds is 0. The average Bonchev–Trinajstić information content (AvgIpc) is 2.06. The molecule has 6 heteroatoms. The second-order valence-corrected chi connectivity index (χ2v) is 5.06. The summed E-state index contributed by atoms with van der Waals surface area (Å²) in [4.78, 5) is 12.5. The van der Waals surface area contributed by atoms with Crippen LogP contribution in [0.1, 0.15) is 27.2 Å². The molecule has 1 saturated heterocycles. The number of carbonyl (C=O) groups excluding carboxylic acids is 1. The molecule has 1 heterocycles. The second-order valence-electron chi connectivity index (χ2n) is 5.06. The molecule has 0 aromatic carbocycles. The molecule has 0 spiro atoms. The van der Waals surface area contributed by atoms with E-state index >= 15 is 0 Å². The molecule has 94 valence electrons. The first-order chi connectivity index (χ1) is 7.12. The van der Waals surface area contributed by atoms with Crippen LogP contribution in [0.2, 0.25) is 0 Å². The third kappa shape index (κ3) is 3.30. The van der Waals surface area contributed by atoms with E-state index in [0.29, 0.717) is 0 Å². The van der Waals surface area contributed by atoms with Gasteiger partial charge in [0.05, 0.1) is 12.6 Å². The number of hydrogen-bond donors (Lipinski definition) is 1. The van der Waals surface area contributed by atoms with Gasteiger partial charge in [0.25, 0.3) is 5.92 Å². The molecule has 0 bridgehead atoms. The van der Waals surface area contributed by atoms with E-state index in [1.807, 2.05) is 0 Å². The molecule has 1 fully saturated rings. The Kier molecular flexibility index (Phi) is 3.42. The SMILES string of the molecule is CC(C)(C)OC(=O)N1CC[C@@H](N)C(F)(F)C1. The van der Waals surface area contributed by atoms with Crippen molar-refractivity contribution in [1.82, 2.24) is 4.90 Å². The summed E-state index contributed by atoms with van der Waals surface area (Å²) in [6.07, 6.45) is -0.620. The lowest BCUT2D eigenvalue weighted by atomic mass is 10.0. The van der Waals surface area contributed by atoms with E-state index in [1.165, 1.54) is 0 Å². The Morgan fingerprint density at radius 2 is 2.06 bits per heavy atom. The van der Waals surface area contributed by atoms with Gasteiger partial charge in [0, 0.05) is 6.54 Å². The zero-order chi connectivity index (χ0) is 12.6. The van der Waals surface area contributed by atoms with Crippen molar-refractivity contribution in [2.75, 3.05) is 13.1 Å². The molecule has 0 radical (unpaired) electrons. The molecule has 4 nitrogen and oxygen atoms in total. The smallest absolute Gasteiger partial charge is 0.410 e. The molecule has 1 amide bonds. The van der Waals surface area contributed by atoms with Gasteiger partial charge in [0.1, 0.15) is 5.60 Å². The maximum absolute atomic E-state index is 13.3. The number of halogens is 2. The number of amides is 1. The van der Waals surface area contributed by atoms with E-state index in [4.69, 9.17) is 10.5 Å². The minimum atomic E-state index is -3.03. The predicted molar refractivity (Wildman–Crippen MR) is 55.3 cm³/mol. The molecular weight excluding hydrogens is 218 g/mol. The molecule has 1 atom stereocenters. The molecule has 16 heavy (non-hydrogen) atoms. The van der Waals surface area contributed by atoms with Gasteiger partial charge < -0.3 is 15.4 Å². The number of nitrogens with two attached hydrogens (primary N) is 1. The van der Waals surface area contributed by atoms with Crippen molar-refractivity contribution in [2.24, 2.45) is 5.73 Å². The number of ether oxygens (including phenoxy) is 1. The summed E-state index contributed by atoms with van der Waals surface area (Å²) in [5.74, 6) is -3.03. The summed E-state index contributed by atoms with van der Waals surface area (Å²) in [5, 5.41) is 0. The lowest BCUT2D eigenvalue weighted by Gasteiger charge is -2.37. The van der Waals surface area contributed by atoms with E-state index in [9.17, 15) is 13.6 Å². The third-order valence-electron chi connectivity index (χ3n) is 2.31. The third-order valence-corrected chi connectivity index (χ3v) is 2.31. The number of hydrogen-bond acceptors (Lipinski definition) is 3. The predicted octanol–water partition coefficient (Wildman–Crippen LogP) is 1.59. The van der Waals surface area contributed by atoms with Crippen molar-refractivity contribution < 1.29 is 18.3 Å². The Bertz CT molecular complexity index is 276. The van der Waals surface area contributed by atoms with Crippen molar-refractivity contribution >= 4 is 6.09 Å². The highest BCUT2D eigenvalue weighted by molar-refractivity contribution is 5.68. The summed E-state index contributed by atoms with van der Waals surface area (Å²) in [7, 11) is 0. The first-order valence-electron chi connectivity index (χ1n) is 5.23. The van der Waals surface area contributed by atoms with Gasteiger partial charge >= 0.3 is 6.09 Å². The van der Waals surface area contributed by atoms with E-state index in [1.54, 1.807) is 20.8 Å². The minimum absolute atomic E-state index is 0.0895. The standard InChI is InChI=1S/C10H18F2N2O2/c1-9(2,3)16-8(15)14-5-4-7(13)10(11,12)6-14/h7H,4-6,13H2,1-3H3/t7-/m1/s1. The normalized spacial score (nSPS) is 25.4. The van der Waals surface area contributed by atoms with Crippen molar-refractivity contribution in [1.29, 1.82) is 0 Å². The molecule has 1 aliphatic heterocycles. The largest absolute Gasteiger partial charge is 0.444 e. The number of carbonyl (C=O) groups is 1. The number of alkyl halides is 2. The maximum atomic E-state index is 13.3. The molecule has 2 N–H and O–H groups in total. The van der Waals surface area contributed by atoms with Gasteiger partial charge in [0.2, 0.25) is 0 Å². The van der Waals surface area contributed by atoms with E-state index < -0.39 is 30.2 Å². The van der Waals surface area contributed by atoms with Crippen LogP contribution in [-0.4, -0.2) is 41.6 Å². The highest BCUT2D eigenvalue weighted by atomic mass is 19.3. The Labute approximate surface area is 93.7 Å². The zero-order valence-electron chi connectivity index (χ0n) is 9.80. The van der Waals surface area contributed by atoms with Crippen molar-refractivity contribution in [3.05, 3.63) is 0 Å². The van der Waals surface area contributed by atoms with Gasteiger partial charge in [-0.05, 0) is 27.2 Å². The van der Waals surface area contributed by atoms with Gasteiger partial charge in [-0.25, -0.2) is 13.6 Å². The fraction of sp³-hybridized carbons (Fsp3) is 0.900. The summed E-state index contributed by atoms with van der Waals surface area (Å²) in [5.41, 5.74) is 4.60. The molecule has 0 aromatic rings. The van der Waals surface area contributed by atoms with Crippen LogP contribution < -0.4 is 5.73 Å². The van der Waals surface area contributed by atoms with Gasteiger partial charge in [-0.2, -0.15) is 0 Å². The Morgan fingerprint density at radius 3 is 2.50 bits per heavy atom. The summed E-state index contributed by atoms with van der Waals surface area (Å²) in [6.45, 7) is 4.63. The highest BCUT2D eigenvalue weighted by Gasteiger charge is 2.44. The van der Waals surface area contributed by atoms with Crippen LogP contribution in [0.15, 0.2) is 0 Å². The zero-order valence-corrected chi connectivity index (χ0v) is 9.80. The quantitative estimate of drug-likeness (QED) is 0.695. The highest BCUT2D eigenvalue weighted by Crippen LogP contribution is 2.26. The van der Waals surface area contributed by atoms with E-state index in [-0.39, 0.29) is 13.0 Å².